The average molecular weight is 395 g/mol. The Kier molecular flexibility index (Phi) is 4.27. The number of rotatable bonds is 4. The number of aromatic carboxylic acids is 1. The number of fused-ring (bicyclic) bond motifs is 2. The second-order valence-corrected chi connectivity index (χ2v) is 7.59. The summed E-state index contributed by atoms with van der Waals surface area (Å²) in [4.78, 5) is 24.5. The molecule has 4 rings (SSSR count). The van der Waals surface area contributed by atoms with Gasteiger partial charge in [0.25, 0.3) is 5.91 Å². The number of nitrogens with one attached hydrogen (secondary N) is 1. The van der Waals surface area contributed by atoms with Crippen LogP contribution < -0.4 is 10.1 Å². The minimum Gasteiger partial charge on any atom is -0.478 e. The Morgan fingerprint density at radius 2 is 2.04 bits per heavy atom. The predicted molar refractivity (Wildman–Crippen MR) is 107 cm³/mol. The third-order valence-corrected chi connectivity index (χ3v) is 5.71. The van der Waals surface area contributed by atoms with Crippen LogP contribution in [0.1, 0.15) is 31.2 Å². The fourth-order valence-electron chi connectivity index (χ4n) is 3.32. The van der Waals surface area contributed by atoms with Crippen LogP contribution in [0.2, 0.25) is 0 Å². The fraction of sp³-hybridized carbons (Fsp3) is 0.150. The molecule has 3 heterocycles. The molecule has 0 aliphatic rings. The zero-order valence-corrected chi connectivity index (χ0v) is 16.3. The molecule has 28 heavy (non-hydrogen) atoms. The Hall–Kier alpha value is -3.39. The fourth-order valence-corrected chi connectivity index (χ4v) is 4.41. The number of nitrogens with zero attached hydrogens (tertiary/aromatic N) is 2. The molecule has 0 spiro atoms. The van der Waals surface area contributed by atoms with Crippen LogP contribution in [-0.2, 0) is 0 Å². The van der Waals surface area contributed by atoms with Crippen molar-refractivity contribution in [1.29, 1.82) is 0 Å². The second-order valence-electron chi connectivity index (χ2n) is 6.33. The minimum absolute atomic E-state index is 0.113. The zero-order chi connectivity index (χ0) is 20.0. The van der Waals surface area contributed by atoms with Gasteiger partial charge in [0, 0.05) is 34.3 Å². The minimum atomic E-state index is -1.01. The first-order valence-corrected chi connectivity index (χ1v) is 9.35. The number of carboxylic acid groups (broad SMARTS) is 1. The molecule has 0 atom stereocenters. The molecular formula is C20H17N3O4S. The Morgan fingerprint density at radius 1 is 1.25 bits per heavy atom. The summed E-state index contributed by atoms with van der Waals surface area (Å²) in [5.41, 5.74) is 2.05. The number of thiophene rings is 1. The van der Waals surface area contributed by atoms with Gasteiger partial charge in [0.2, 0.25) is 0 Å². The Bertz CT molecular complexity index is 1260. The van der Waals surface area contributed by atoms with E-state index in [9.17, 15) is 14.7 Å². The van der Waals surface area contributed by atoms with E-state index in [1.54, 1.807) is 32.3 Å². The maximum absolute atomic E-state index is 12.1. The normalized spacial score (nSPS) is 11.1. The van der Waals surface area contributed by atoms with Gasteiger partial charge in [-0.2, -0.15) is 5.10 Å². The maximum Gasteiger partial charge on any atom is 0.337 e. The molecule has 1 aromatic carbocycles. The highest BCUT2D eigenvalue weighted by atomic mass is 32.1. The van der Waals surface area contributed by atoms with Gasteiger partial charge in [-0.1, -0.05) is 0 Å². The number of aromatic nitrogens is 2. The van der Waals surface area contributed by atoms with Gasteiger partial charge < -0.3 is 15.2 Å². The molecule has 2 N–H and O–H groups in total. The number of carbonyl (C=O) groups excluding carboxylic acids is 1. The van der Waals surface area contributed by atoms with Gasteiger partial charge in [0.15, 0.2) is 5.75 Å². The molecule has 1 amide bonds. The number of amides is 1. The first-order valence-electron chi connectivity index (χ1n) is 8.54. The highest BCUT2D eigenvalue weighted by Crippen LogP contribution is 2.36. The molecule has 0 saturated carbocycles. The van der Waals surface area contributed by atoms with E-state index in [2.05, 4.69) is 10.4 Å². The van der Waals surface area contributed by atoms with Crippen molar-refractivity contribution < 1.29 is 19.4 Å². The molecule has 0 saturated heterocycles. The van der Waals surface area contributed by atoms with Crippen molar-refractivity contribution in [3.05, 3.63) is 58.2 Å². The number of ether oxygens (including phenoxy) is 1. The number of aryl methyl sites for hydroxylation is 2. The van der Waals surface area contributed by atoms with Crippen LogP contribution in [0.4, 0.5) is 0 Å². The largest absolute Gasteiger partial charge is 0.478 e. The van der Waals surface area contributed by atoms with Crippen molar-refractivity contribution in [3.63, 3.8) is 0 Å². The number of hydrogen-bond acceptors (Lipinski definition) is 5. The van der Waals surface area contributed by atoms with E-state index in [1.807, 2.05) is 19.1 Å². The van der Waals surface area contributed by atoms with E-state index in [1.165, 1.54) is 22.0 Å². The Balaban J connectivity index is 1.78. The van der Waals surface area contributed by atoms with Gasteiger partial charge in [-0.25, -0.2) is 9.31 Å². The highest BCUT2D eigenvalue weighted by Gasteiger charge is 2.19. The van der Waals surface area contributed by atoms with Crippen LogP contribution in [-0.4, -0.2) is 33.6 Å². The van der Waals surface area contributed by atoms with Gasteiger partial charge in [-0.05, 0) is 37.6 Å². The molecule has 7 nitrogen and oxygen atoms in total. The lowest BCUT2D eigenvalue weighted by Gasteiger charge is -2.08. The zero-order valence-electron chi connectivity index (χ0n) is 15.4. The van der Waals surface area contributed by atoms with Crippen molar-refractivity contribution in [3.8, 4) is 11.5 Å². The lowest BCUT2D eigenvalue weighted by molar-refractivity contribution is 0.0696. The maximum atomic E-state index is 12.1. The van der Waals surface area contributed by atoms with Crippen molar-refractivity contribution in [2.75, 3.05) is 7.05 Å². The third-order valence-electron chi connectivity index (χ3n) is 4.64. The van der Waals surface area contributed by atoms with Crippen molar-refractivity contribution in [1.82, 2.24) is 14.9 Å². The lowest BCUT2D eigenvalue weighted by atomic mass is 10.1. The molecule has 0 aliphatic carbocycles. The van der Waals surface area contributed by atoms with Crippen molar-refractivity contribution >= 4 is 38.8 Å². The molecule has 8 heteroatoms. The van der Waals surface area contributed by atoms with E-state index in [4.69, 9.17) is 4.74 Å². The number of benzene rings is 1. The van der Waals surface area contributed by atoms with Crippen LogP contribution >= 0.6 is 11.3 Å². The molecule has 0 aliphatic heterocycles. The summed E-state index contributed by atoms with van der Waals surface area (Å²) in [6, 6.07) is 7.25. The summed E-state index contributed by atoms with van der Waals surface area (Å²) < 4.78 is 8.51. The van der Waals surface area contributed by atoms with E-state index >= 15 is 0 Å². The van der Waals surface area contributed by atoms with Crippen molar-refractivity contribution in [2.45, 2.75) is 13.8 Å². The summed E-state index contributed by atoms with van der Waals surface area (Å²) in [7, 11) is 1.61. The third kappa shape index (κ3) is 2.78. The van der Waals surface area contributed by atoms with Crippen molar-refractivity contribution in [2.24, 2.45) is 0 Å². The Morgan fingerprint density at radius 3 is 2.75 bits per heavy atom. The number of carboxylic acids is 1. The van der Waals surface area contributed by atoms with E-state index in [0.717, 1.165) is 15.0 Å². The number of carbonyl (C=O) groups is 2. The average Bonchev–Trinajstić information content (AvgIpc) is 3.18. The molecule has 0 fully saturated rings. The standard InChI is InChI=1S/C20H17N3O4S/c1-10-14(20(25)26)9-23-18(10)15(6-7-22-23)27-12-4-5-13-16(8-12)28-11(2)17(13)19(24)21-3/h4-9H,1-3H3,(H,21,24)(H,25,26). The summed E-state index contributed by atoms with van der Waals surface area (Å²) in [6.45, 7) is 3.65. The van der Waals surface area contributed by atoms with Crippen LogP contribution in [0, 0.1) is 13.8 Å². The Labute approximate surface area is 164 Å². The van der Waals surface area contributed by atoms with E-state index < -0.39 is 5.97 Å². The number of hydrogen-bond donors (Lipinski definition) is 2. The van der Waals surface area contributed by atoms with E-state index in [0.29, 0.717) is 28.1 Å². The summed E-state index contributed by atoms with van der Waals surface area (Å²) in [5.74, 6) is -0.00799. The molecule has 0 bridgehead atoms. The first kappa shape index (κ1) is 18.0. The van der Waals surface area contributed by atoms with Crippen LogP contribution in [0.5, 0.6) is 11.5 Å². The second kappa shape index (κ2) is 6.65. The molecular weight excluding hydrogens is 378 g/mol. The smallest absolute Gasteiger partial charge is 0.337 e. The van der Waals surface area contributed by atoms with Crippen LogP contribution in [0.15, 0.2) is 36.7 Å². The van der Waals surface area contributed by atoms with E-state index in [-0.39, 0.29) is 11.5 Å². The quantitative estimate of drug-likeness (QED) is 0.544. The summed E-state index contributed by atoms with van der Waals surface area (Å²) >= 11 is 1.53. The van der Waals surface area contributed by atoms with Gasteiger partial charge in [-0.15, -0.1) is 11.3 Å². The van der Waals surface area contributed by atoms with Gasteiger partial charge in [0.1, 0.15) is 11.3 Å². The summed E-state index contributed by atoms with van der Waals surface area (Å²) in [5, 5.41) is 17.1. The molecule has 142 valence electrons. The monoisotopic (exact) mass is 395 g/mol. The van der Waals surface area contributed by atoms with Gasteiger partial charge in [0.05, 0.1) is 17.3 Å². The van der Waals surface area contributed by atoms with Crippen LogP contribution in [0.3, 0.4) is 0 Å². The predicted octanol–water partition coefficient (Wildman–Crippen LogP) is 4.02. The molecule has 0 unspecified atom stereocenters. The summed E-state index contributed by atoms with van der Waals surface area (Å²) in [6.07, 6.45) is 3.03. The van der Waals surface area contributed by atoms with Gasteiger partial charge >= 0.3 is 5.97 Å². The first-order chi connectivity index (χ1) is 13.4. The molecule has 3 aromatic heterocycles. The highest BCUT2D eigenvalue weighted by molar-refractivity contribution is 7.19. The molecule has 4 aromatic rings. The molecule has 0 radical (unpaired) electrons. The van der Waals surface area contributed by atoms with Crippen LogP contribution in [0.25, 0.3) is 15.6 Å². The lowest BCUT2D eigenvalue weighted by Crippen LogP contribution is -2.18. The SMILES string of the molecule is CNC(=O)c1c(C)sc2cc(Oc3ccnn4cc(C(=O)O)c(C)c34)ccc12. The van der Waals surface area contributed by atoms with Gasteiger partial charge in [-0.3, -0.25) is 4.79 Å². The topological polar surface area (TPSA) is 92.9 Å².